The van der Waals surface area contributed by atoms with Gasteiger partial charge in [0.1, 0.15) is 0 Å². The second kappa shape index (κ2) is 6.82. The van der Waals surface area contributed by atoms with Gasteiger partial charge in [-0.15, -0.1) is 0 Å². The molecule has 4 rings (SSSR count). The lowest BCUT2D eigenvalue weighted by atomic mass is 10.1. The molecule has 3 aromatic rings. The van der Waals surface area contributed by atoms with Gasteiger partial charge in [-0.05, 0) is 57.1 Å². The van der Waals surface area contributed by atoms with Crippen LogP contribution in [-0.2, 0) is 0 Å². The lowest BCUT2D eigenvalue weighted by Crippen LogP contribution is -2.36. The van der Waals surface area contributed by atoms with Crippen LogP contribution >= 0.6 is 0 Å². The van der Waals surface area contributed by atoms with Crippen LogP contribution in [0.3, 0.4) is 0 Å². The number of fused-ring (bicyclic) bond motifs is 1. The third-order valence-electron chi connectivity index (χ3n) is 4.69. The molecular formula is C19H23N5O. The number of nitrogens with one attached hydrogen (secondary N) is 2. The molecule has 6 heteroatoms. The largest absolute Gasteiger partial charge is 0.368 e. The fraction of sp³-hybridized carbons (Fsp3) is 0.368. The van der Waals surface area contributed by atoms with Gasteiger partial charge in [-0.3, -0.25) is 9.55 Å². The van der Waals surface area contributed by atoms with Crippen LogP contribution in [0.4, 0.5) is 5.95 Å². The normalized spacial score (nSPS) is 16.9. The van der Waals surface area contributed by atoms with Gasteiger partial charge in [0, 0.05) is 11.7 Å². The molecule has 0 amide bonds. The fourth-order valence-electron chi connectivity index (χ4n) is 3.38. The lowest BCUT2D eigenvalue weighted by molar-refractivity contribution is 0.147. The van der Waals surface area contributed by atoms with E-state index in [1.54, 1.807) is 0 Å². The van der Waals surface area contributed by atoms with E-state index in [0.717, 1.165) is 42.7 Å². The summed E-state index contributed by atoms with van der Waals surface area (Å²) in [6.07, 6.45) is 1.21. The summed E-state index contributed by atoms with van der Waals surface area (Å²) in [5.41, 5.74) is 3.27. The van der Waals surface area contributed by atoms with E-state index in [-0.39, 0.29) is 0 Å². The average Bonchev–Trinajstić information content (AvgIpc) is 2.99. The molecule has 0 aliphatic carbocycles. The van der Waals surface area contributed by atoms with Gasteiger partial charge in [0.05, 0.1) is 16.7 Å². The first kappa shape index (κ1) is 16.1. The van der Waals surface area contributed by atoms with Gasteiger partial charge < -0.3 is 15.7 Å². The Kier molecular flexibility index (Phi) is 4.38. The third-order valence-corrected chi connectivity index (χ3v) is 4.69. The Morgan fingerprint density at radius 1 is 1.12 bits per heavy atom. The number of anilines is 1. The standard InChI is InChI=1S/C19H23N5O/c1-13-5-4-7-16(21-13)18(25)24-17-8-3-2-6-15(17)23-19(24)22-14-9-11-20-12-10-14/h2-8,14,18,20,25H,9-12H2,1H3,(H,22,23). The highest BCUT2D eigenvalue weighted by Crippen LogP contribution is 2.27. The van der Waals surface area contributed by atoms with Crippen LogP contribution in [0, 0.1) is 6.92 Å². The van der Waals surface area contributed by atoms with E-state index in [0.29, 0.717) is 17.7 Å². The van der Waals surface area contributed by atoms with Crippen molar-refractivity contribution in [2.45, 2.75) is 32.0 Å². The minimum atomic E-state index is -0.878. The molecule has 1 aromatic carbocycles. The number of para-hydroxylation sites is 2. The van der Waals surface area contributed by atoms with Crippen molar-refractivity contribution in [3.05, 3.63) is 53.9 Å². The number of pyridine rings is 1. The van der Waals surface area contributed by atoms with Gasteiger partial charge in [-0.2, -0.15) is 0 Å². The molecule has 1 saturated heterocycles. The van der Waals surface area contributed by atoms with Crippen LogP contribution in [0.2, 0.25) is 0 Å². The lowest BCUT2D eigenvalue weighted by Gasteiger charge is -2.25. The number of aliphatic hydroxyl groups is 1. The second-order valence-electron chi connectivity index (χ2n) is 6.54. The molecule has 1 fully saturated rings. The Bertz CT molecular complexity index is 869. The van der Waals surface area contributed by atoms with Crippen LogP contribution in [0.1, 0.15) is 30.5 Å². The number of rotatable bonds is 4. The Labute approximate surface area is 146 Å². The van der Waals surface area contributed by atoms with Gasteiger partial charge in [0.15, 0.2) is 6.23 Å². The number of aryl methyl sites for hydroxylation is 1. The van der Waals surface area contributed by atoms with Crippen molar-refractivity contribution in [3.63, 3.8) is 0 Å². The summed E-state index contributed by atoms with van der Waals surface area (Å²) in [5.74, 6) is 0.698. The van der Waals surface area contributed by atoms with Crippen molar-refractivity contribution in [2.75, 3.05) is 18.4 Å². The summed E-state index contributed by atoms with van der Waals surface area (Å²) in [6.45, 7) is 3.93. The monoisotopic (exact) mass is 337 g/mol. The Balaban J connectivity index is 1.75. The van der Waals surface area contributed by atoms with Crippen molar-refractivity contribution >= 4 is 17.0 Å². The highest BCUT2D eigenvalue weighted by molar-refractivity contribution is 5.79. The molecule has 1 atom stereocenters. The highest BCUT2D eigenvalue weighted by Gasteiger charge is 2.22. The van der Waals surface area contributed by atoms with E-state index in [2.05, 4.69) is 15.6 Å². The molecule has 25 heavy (non-hydrogen) atoms. The zero-order valence-corrected chi connectivity index (χ0v) is 14.3. The average molecular weight is 337 g/mol. The van der Waals surface area contributed by atoms with E-state index >= 15 is 0 Å². The molecule has 1 aliphatic heterocycles. The van der Waals surface area contributed by atoms with Gasteiger partial charge in [0.25, 0.3) is 0 Å². The maximum absolute atomic E-state index is 11.0. The Hall–Kier alpha value is -2.44. The smallest absolute Gasteiger partial charge is 0.206 e. The van der Waals surface area contributed by atoms with Crippen molar-refractivity contribution in [3.8, 4) is 0 Å². The maximum Gasteiger partial charge on any atom is 0.206 e. The molecule has 3 N–H and O–H groups in total. The van der Waals surface area contributed by atoms with Gasteiger partial charge >= 0.3 is 0 Å². The molecule has 1 aliphatic rings. The number of piperidine rings is 1. The number of imidazole rings is 1. The van der Waals surface area contributed by atoms with Crippen LogP contribution in [0.5, 0.6) is 0 Å². The zero-order chi connectivity index (χ0) is 17.2. The Morgan fingerprint density at radius 2 is 1.92 bits per heavy atom. The quantitative estimate of drug-likeness (QED) is 0.682. The topological polar surface area (TPSA) is 75.0 Å². The molecule has 1 unspecified atom stereocenters. The van der Waals surface area contributed by atoms with E-state index in [1.807, 2.05) is 54.0 Å². The molecular weight excluding hydrogens is 314 g/mol. The summed E-state index contributed by atoms with van der Waals surface area (Å²) in [5, 5.41) is 17.9. The summed E-state index contributed by atoms with van der Waals surface area (Å²) >= 11 is 0. The number of benzene rings is 1. The van der Waals surface area contributed by atoms with Crippen LogP contribution < -0.4 is 10.6 Å². The summed E-state index contributed by atoms with van der Waals surface area (Å²) in [7, 11) is 0. The molecule has 6 nitrogen and oxygen atoms in total. The van der Waals surface area contributed by atoms with E-state index in [1.165, 1.54) is 0 Å². The second-order valence-corrected chi connectivity index (χ2v) is 6.54. The van der Waals surface area contributed by atoms with Crippen LogP contribution in [-0.4, -0.2) is 38.8 Å². The van der Waals surface area contributed by atoms with Crippen molar-refractivity contribution in [1.82, 2.24) is 19.9 Å². The first-order valence-electron chi connectivity index (χ1n) is 8.78. The Morgan fingerprint density at radius 3 is 2.72 bits per heavy atom. The number of aromatic nitrogens is 3. The summed E-state index contributed by atoms with van der Waals surface area (Å²) in [4.78, 5) is 9.21. The fourth-order valence-corrected chi connectivity index (χ4v) is 3.38. The van der Waals surface area contributed by atoms with Gasteiger partial charge in [-0.1, -0.05) is 18.2 Å². The predicted octanol–water partition coefficient (Wildman–Crippen LogP) is 2.44. The van der Waals surface area contributed by atoms with Crippen LogP contribution in [0.15, 0.2) is 42.5 Å². The summed E-state index contributed by atoms with van der Waals surface area (Å²) in [6, 6.07) is 13.9. The third kappa shape index (κ3) is 3.23. The minimum Gasteiger partial charge on any atom is -0.368 e. The first-order chi connectivity index (χ1) is 12.2. The van der Waals surface area contributed by atoms with E-state index in [4.69, 9.17) is 4.98 Å². The SMILES string of the molecule is Cc1cccc(C(O)n2c(NC3CCNCC3)nc3ccccc32)n1. The predicted molar refractivity (Wildman–Crippen MR) is 98.6 cm³/mol. The molecule has 2 aromatic heterocycles. The van der Waals surface area contributed by atoms with Crippen molar-refractivity contribution in [2.24, 2.45) is 0 Å². The molecule has 0 bridgehead atoms. The van der Waals surface area contributed by atoms with Crippen LogP contribution in [0.25, 0.3) is 11.0 Å². The van der Waals surface area contributed by atoms with Crippen molar-refractivity contribution in [1.29, 1.82) is 0 Å². The number of nitrogens with zero attached hydrogens (tertiary/aromatic N) is 3. The molecule has 0 radical (unpaired) electrons. The van der Waals surface area contributed by atoms with E-state index < -0.39 is 6.23 Å². The summed E-state index contributed by atoms with van der Waals surface area (Å²) < 4.78 is 1.85. The highest BCUT2D eigenvalue weighted by atomic mass is 16.3. The molecule has 0 spiro atoms. The van der Waals surface area contributed by atoms with Gasteiger partial charge in [0.2, 0.25) is 5.95 Å². The minimum absolute atomic E-state index is 0.356. The number of aliphatic hydroxyl groups excluding tert-OH is 1. The van der Waals surface area contributed by atoms with E-state index in [9.17, 15) is 5.11 Å². The molecule has 130 valence electrons. The zero-order valence-electron chi connectivity index (χ0n) is 14.3. The van der Waals surface area contributed by atoms with Gasteiger partial charge in [-0.25, -0.2) is 4.98 Å². The molecule has 0 saturated carbocycles. The van der Waals surface area contributed by atoms with Crippen molar-refractivity contribution < 1.29 is 5.11 Å². The molecule has 3 heterocycles. The maximum atomic E-state index is 11.0. The first-order valence-corrected chi connectivity index (χ1v) is 8.78. The number of hydrogen-bond acceptors (Lipinski definition) is 5. The number of hydrogen-bond donors (Lipinski definition) is 3.